The molecule has 8 nitrogen and oxygen atoms in total. The predicted octanol–water partition coefficient (Wildman–Crippen LogP) is -0.720. The average Bonchev–Trinajstić information content (AvgIpc) is 2.88. The number of primary amides is 1. The molecule has 2 fully saturated rings. The molecule has 20 heavy (non-hydrogen) atoms. The molecule has 1 saturated carbocycles. The second kappa shape index (κ2) is 5.66. The van der Waals surface area contributed by atoms with Crippen LogP contribution in [0, 0.1) is 0 Å². The zero-order valence-corrected chi connectivity index (χ0v) is 11.1. The van der Waals surface area contributed by atoms with Crippen LogP contribution in [0.2, 0.25) is 0 Å². The standard InChI is InChI=1S/C12H19N3O5/c13-9(16)8-7-20-6-5-15(8)11(19)14-12(10(17)18)3-1-2-4-12/h8H,1-7H2,(H2,13,16)(H,14,19)(H,17,18). The third-order valence-electron chi connectivity index (χ3n) is 3.93. The van der Waals surface area contributed by atoms with Gasteiger partial charge in [0.15, 0.2) is 0 Å². The summed E-state index contributed by atoms with van der Waals surface area (Å²) in [6.07, 6.45) is 2.32. The second-order valence-electron chi connectivity index (χ2n) is 5.21. The minimum atomic E-state index is -1.22. The van der Waals surface area contributed by atoms with Crippen molar-refractivity contribution in [3.63, 3.8) is 0 Å². The molecule has 4 N–H and O–H groups in total. The Morgan fingerprint density at radius 1 is 1.30 bits per heavy atom. The van der Waals surface area contributed by atoms with Gasteiger partial charge in [-0.25, -0.2) is 9.59 Å². The van der Waals surface area contributed by atoms with Crippen LogP contribution in [0.4, 0.5) is 4.79 Å². The molecule has 2 aliphatic rings. The second-order valence-corrected chi connectivity index (χ2v) is 5.21. The lowest BCUT2D eigenvalue weighted by atomic mass is 9.98. The average molecular weight is 285 g/mol. The molecule has 0 aromatic rings. The normalized spacial score (nSPS) is 25.2. The SMILES string of the molecule is NC(=O)C1COCCN1C(=O)NC1(C(=O)O)CCCC1. The Morgan fingerprint density at radius 2 is 1.95 bits per heavy atom. The van der Waals surface area contributed by atoms with E-state index in [2.05, 4.69) is 5.32 Å². The molecule has 112 valence electrons. The maximum absolute atomic E-state index is 12.3. The molecule has 0 radical (unpaired) electrons. The Bertz CT molecular complexity index is 419. The van der Waals surface area contributed by atoms with E-state index in [1.165, 1.54) is 4.90 Å². The molecule has 1 aliphatic carbocycles. The molecule has 1 unspecified atom stereocenters. The fourth-order valence-electron chi connectivity index (χ4n) is 2.73. The molecule has 0 aromatic carbocycles. The summed E-state index contributed by atoms with van der Waals surface area (Å²) >= 11 is 0. The highest BCUT2D eigenvalue weighted by Gasteiger charge is 2.44. The van der Waals surface area contributed by atoms with Crippen LogP contribution in [0.1, 0.15) is 25.7 Å². The quantitative estimate of drug-likeness (QED) is 0.631. The number of carboxylic acids is 1. The van der Waals surface area contributed by atoms with Crippen LogP contribution in [0.15, 0.2) is 0 Å². The first-order chi connectivity index (χ1) is 9.46. The van der Waals surface area contributed by atoms with E-state index < -0.39 is 29.5 Å². The van der Waals surface area contributed by atoms with Crippen LogP contribution < -0.4 is 11.1 Å². The lowest BCUT2D eigenvalue weighted by Crippen LogP contribution is -2.62. The summed E-state index contributed by atoms with van der Waals surface area (Å²) in [7, 11) is 0. The van der Waals surface area contributed by atoms with Crippen molar-refractivity contribution in [1.82, 2.24) is 10.2 Å². The Labute approximate surface area is 116 Å². The van der Waals surface area contributed by atoms with Crippen LogP contribution in [0.3, 0.4) is 0 Å². The largest absolute Gasteiger partial charge is 0.480 e. The fourth-order valence-corrected chi connectivity index (χ4v) is 2.73. The Hall–Kier alpha value is -1.83. The van der Waals surface area contributed by atoms with E-state index in [-0.39, 0.29) is 13.2 Å². The van der Waals surface area contributed by atoms with E-state index in [1.807, 2.05) is 0 Å². The van der Waals surface area contributed by atoms with E-state index in [1.54, 1.807) is 0 Å². The van der Waals surface area contributed by atoms with Crippen molar-refractivity contribution in [3.05, 3.63) is 0 Å². The van der Waals surface area contributed by atoms with Gasteiger partial charge in [-0.15, -0.1) is 0 Å². The highest BCUT2D eigenvalue weighted by Crippen LogP contribution is 2.30. The topological polar surface area (TPSA) is 122 Å². The van der Waals surface area contributed by atoms with Gasteiger partial charge in [-0.05, 0) is 12.8 Å². The van der Waals surface area contributed by atoms with Gasteiger partial charge < -0.3 is 25.8 Å². The van der Waals surface area contributed by atoms with Crippen molar-refractivity contribution >= 4 is 17.9 Å². The van der Waals surface area contributed by atoms with Crippen LogP contribution in [-0.2, 0) is 14.3 Å². The van der Waals surface area contributed by atoms with Crippen molar-refractivity contribution in [3.8, 4) is 0 Å². The first-order valence-corrected chi connectivity index (χ1v) is 6.65. The molecule has 3 amide bonds. The Morgan fingerprint density at radius 3 is 2.50 bits per heavy atom. The highest BCUT2D eigenvalue weighted by atomic mass is 16.5. The minimum Gasteiger partial charge on any atom is -0.480 e. The number of urea groups is 1. The van der Waals surface area contributed by atoms with Crippen molar-refractivity contribution < 1.29 is 24.2 Å². The Kier molecular flexibility index (Phi) is 4.12. The number of carbonyl (C=O) groups excluding carboxylic acids is 2. The Balaban J connectivity index is 2.09. The van der Waals surface area contributed by atoms with Gasteiger partial charge in [-0.1, -0.05) is 12.8 Å². The molecule has 0 bridgehead atoms. The number of hydrogen-bond donors (Lipinski definition) is 3. The lowest BCUT2D eigenvalue weighted by Gasteiger charge is -2.36. The zero-order valence-electron chi connectivity index (χ0n) is 11.1. The van der Waals surface area contributed by atoms with Gasteiger partial charge >= 0.3 is 12.0 Å². The summed E-state index contributed by atoms with van der Waals surface area (Å²) < 4.78 is 5.13. The van der Waals surface area contributed by atoms with Crippen molar-refractivity contribution in [2.45, 2.75) is 37.3 Å². The van der Waals surface area contributed by atoms with Crippen molar-refractivity contribution in [1.29, 1.82) is 0 Å². The van der Waals surface area contributed by atoms with Gasteiger partial charge in [0, 0.05) is 6.54 Å². The maximum Gasteiger partial charge on any atom is 0.329 e. The first kappa shape index (κ1) is 14.6. The summed E-state index contributed by atoms with van der Waals surface area (Å²) in [5.41, 5.74) is 4.01. The number of nitrogens with two attached hydrogens (primary N) is 1. The van der Waals surface area contributed by atoms with Crippen molar-refractivity contribution in [2.24, 2.45) is 5.73 Å². The van der Waals surface area contributed by atoms with Crippen LogP contribution >= 0.6 is 0 Å². The van der Waals surface area contributed by atoms with Crippen LogP contribution in [0.5, 0.6) is 0 Å². The van der Waals surface area contributed by atoms with Gasteiger partial charge in [0.25, 0.3) is 0 Å². The van der Waals surface area contributed by atoms with Gasteiger partial charge in [-0.3, -0.25) is 4.79 Å². The fraction of sp³-hybridized carbons (Fsp3) is 0.750. The molecule has 1 atom stereocenters. The monoisotopic (exact) mass is 285 g/mol. The van der Waals surface area contributed by atoms with Crippen LogP contribution in [-0.4, -0.2) is 59.3 Å². The molecular weight excluding hydrogens is 266 g/mol. The van der Waals surface area contributed by atoms with E-state index in [0.717, 1.165) is 12.8 Å². The summed E-state index contributed by atoms with van der Waals surface area (Å²) in [6.45, 7) is 0.565. The highest BCUT2D eigenvalue weighted by molar-refractivity contribution is 5.90. The lowest BCUT2D eigenvalue weighted by molar-refractivity contribution is -0.144. The van der Waals surface area contributed by atoms with Gasteiger partial charge in [0.1, 0.15) is 11.6 Å². The molecule has 8 heteroatoms. The number of nitrogens with zero attached hydrogens (tertiary/aromatic N) is 1. The number of morpholine rings is 1. The van der Waals surface area contributed by atoms with Gasteiger partial charge in [0.2, 0.25) is 5.91 Å². The smallest absolute Gasteiger partial charge is 0.329 e. The minimum absolute atomic E-state index is 0.0445. The first-order valence-electron chi connectivity index (χ1n) is 6.65. The summed E-state index contributed by atoms with van der Waals surface area (Å²) in [4.78, 5) is 36.3. The maximum atomic E-state index is 12.3. The molecule has 0 spiro atoms. The van der Waals surface area contributed by atoms with E-state index in [0.29, 0.717) is 19.4 Å². The molecule has 1 saturated heterocycles. The third-order valence-corrected chi connectivity index (χ3v) is 3.93. The molecule has 0 aromatic heterocycles. The molecular formula is C12H19N3O5. The number of ether oxygens (including phenoxy) is 1. The molecule has 1 aliphatic heterocycles. The number of carboxylic acid groups (broad SMARTS) is 1. The third kappa shape index (κ3) is 2.69. The van der Waals surface area contributed by atoms with Crippen molar-refractivity contribution in [2.75, 3.05) is 19.8 Å². The molecule has 1 heterocycles. The number of hydrogen-bond acceptors (Lipinski definition) is 4. The van der Waals surface area contributed by atoms with Crippen LogP contribution in [0.25, 0.3) is 0 Å². The van der Waals surface area contributed by atoms with E-state index in [9.17, 15) is 19.5 Å². The van der Waals surface area contributed by atoms with E-state index in [4.69, 9.17) is 10.5 Å². The zero-order chi connectivity index (χ0) is 14.8. The predicted molar refractivity (Wildman–Crippen MR) is 67.9 cm³/mol. The summed E-state index contributed by atoms with van der Waals surface area (Å²) in [5.74, 6) is -1.69. The summed E-state index contributed by atoms with van der Waals surface area (Å²) in [5, 5.41) is 11.9. The number of aliphatic carboxylic acids is 1. The van der Waals surface area contributed by atoms with Gasteiger partial charge in [0.05, 0.1) is 13.2 Å². The number of rotatable bonds is 3. The van der Waals surface area contributed by atoms with E-state index >= 15 is 0 Å². The molecule has 2 rings (SSSR count). The number of amides is 3. The summed E-state index contributed by atoms with van der Waals surface area (Å²) in [6, 6.07) is -1.42. The number of nitrogens with one attached hydrogen (secondary N) is 1. The van der Waals surface area contributed by atoms with Gasteiger partial charge in [-0.2, -0.15) is 0 Å². The number of carbonyl (C=O) groups is 3.